The second-order valence-electron chi connectivity index (χ2n) is 7.67. The normalized spacial score (nSPS) is 15.6. The maximum absolute atomic E-state index is 12.6. The molecule has 7 nitrogen and oxygen atoms in total. The summed E-state index contributed by atoms with van der Waals surface area (Å²) in [6.45, 7) is 4.39. The van der Waals surface area contributed by atoms with Crippen molar-refractivity contribution in [2.75, 3.05) is 19.7 Å². The number of nitrogens with one attached hydrogen (secondary N) is 2. The number of aliphatic hydroxyl groups is 1. The van der Waals surface area contributed by atoms with Crippen LogP contribution in [0.5, 0.6) is 0 Å². The molecule has 1 aliphatic rings. The van der Waals surface area contributed by atoms with Crippen molar-refractivity contribution in [3.05, 3.63) is 46.4 Å². The number of fused-ring (bicyclic) bond motifs is 1. The predicted octanol–water partition coefficient (Wildman–Crippen LogP) is 1.27. The fourth-order valence-electron chi connectivity index (χ4n) is 3.29. The molecule has 0 aliphatic carbocycles. The van der Waals surface area contributed by atoms with Gasteiger partial charge in [0.2, 0.25) is 5.91 Å². The molecule has 3 rings (SSSR count). The first-order chi connectivity index (χ1) is 12.8. The third-order valence-electron chi connectivity index (χ3n) is 4.95. The molecule has 0 saturated carbocycles. The van der Waals surface area contributed by atoms with Crippen LogP contribution in [-0.4, -0.2) is 52.0 Å². The van der Waals surface area contributed by atoms with E-state index in [9.17, 15) is 19.5 Å². The number of hydrogen-bond acceptors (Lipinski definition) is 4. The number of amides is 2. The van der Waals surface area contributed by atoms with E-state index in [1.807, 2.05) is 0 Å². The molecule has 2 aromatic rings. The topological polar surface area (TPSA) is 102 Å². The molecule has 27 heavy (non-hydrogen) atoms. The van der Waals surface area contributed by atoms with Crippen molar-refractivity contribution in [1.29, 1.82) is 0 Å². The number of nitrogens with zero attached hydrogens (tertiary/aromatic N) is 1. The summed E-state index contributed by atoms with van der Waals surface area (Å²) < 4.78 is 0. The van der Waals surface area contributed by atoms with Crippen molar-refractivity contribution >= 4 is 22.6 Å². The molecule has 0 unspecified atom stereocenters. The van der Waals surface area contributed by atoms with Crippen LogP contribution in [0.1, 0.15) is 37.2 Å². The second kappa shape index (κ2) is 7.52. The smallest absolute Gasteiger partial charge is 0.268 e. The van der Waals surface area contributed by atoms with E-state index >= 15 is 0 Å². The summed E-state index contributed by atoms with van der Waals surface area (Å²) in [7, 11) is 0. The van der Waals surface area contributed by atoms with E-state index in [0.717, 1.165) is 6.42 Å². The zero-order valence-electron chi connectivity index (χ0n) is 15.6. The van der Waals surface area contributed by atoms with Gasteiger partial charge in [-0.15, -0.1) is 0 Å². The van der Waals surface area contributed by atoms with Crippen molar-refractivity contribution in [2.45, 2.75) is 32.2 Å². The van der Waals surface area contributed by atoms with Crippen molar-refractivity contribution in [3.8, 4) is 0 Å². The number of hydrogen-bond donors (Lipinski definition) is 3. The Morgan fingerprint density at radius 1 is 1.30 bits per heavy atom. The van der Waals surface area contributed by atoms with Gasteiger partial charge in [-0.05, 0) is 29.9 Å². The first-order valence-electron chi connectivity index (χ1n) is 9.17. The number of carbonyl (C=O) groups is 2. The molecule has 1 aliphatic heterocycles. The lowest BCUT2D eigenvalue weighted by Crippen LogP contribution is -2.73. The Kier molecular flexibility index (Phi) is 5.32. The summed E-state index contributed by atoms with van der Waals surface area (Å²) in [5.74, 6) is 0.00424. The first kappa shape index (κ1) is 19.1. The van der Waals surface area contributed by atoms with Crippen molar-refractivity contribution < 1.29 is 14.7 Å². The summed E-state index contributed by atoms with van der Waals surface area (Å²) in [4.78, 5) is 41.1. The number of benzene rings is 1. The highest BCUT2D eigenvalue weighted by atomic mass is 16.3. The molecule has 0 bridgehead atoms. The Hall–Kier alpha value is -2.67. The number of carbonyl (C=O) groups excluding carboxylic acids is 2. The van der Waals surface area contributed by atoms with Crippen LogP contribution >= 0.6 is 0 Å². The summed E-state index contributed by atoms with van der Waals surface area (Å²) in [5, 5.41) is 13.7. The highest BCUT2D eigenvalue weighted by Gasteiger charge is 2.45. The molecular weight excluding hydrogens is 346 g/mol. The number of rotatable bonds is 6. The third-order valence-corrected chi connectivity index (χ3v) is 4.95. The van der Waals surface area contributed by atoms with E-state index in [0.29, 0.717) is 23.1 Å². The summed E-state index contributed by atoms with van der Waals surface area (Å²) in [6, 6.07) is 8.63. The minimum atomic E-state index is -0.868. The lowest BCUT2D eigenvalue weighted by molar-refractivity contribution is -0.141. The molecule has 0 atom stereocenters. The molecule has 1 fully saturated rings. The van der Waals surface area contributed by atoms with Crippen LogP contribution in [-0.2, 0) is 4.79 Å². The maximum Gasteiger partial charge on any atom is 0.268 e. The van der Waals surface area contributed by atoms with Gasteiger partial charge in [-0.3, -0.25) is 14.4 Å². The molecule has 3 N–H and O–H groups in total. The van der Waals surface area contributed by atoms with Crippen LogP contribution in [0.15, 0.2) is 35.1 Å². The van der Waals surface area contributed by atoms with Gasteiger partial charge in [-0.2, -0.15) is 0 Å². The molecule has 1 aromatic carbocycles. The van der Waals surface area contributed by atoms with E-state index in [-0.39, 0.29) is 36.9 Å². The van der Waals surface area contributed by atoms with Crippen molar-refractivity contribution in [2.24, 2.45) is 5.92 Å². The van der Waals surface area contributed by atoms with Gasteiger partial charge >= 0.3 is 0 Å². The number of aromatic amines is 1. The monoisotopic (exact) mass is 371 g/mol. The van der Waals surface area contributed by atoms with E-state index in [1.165, 1.54) is 0 Å². The quantitative estimate of drug-likeness (QED) is 0.711. The largest absolute Gasteiger partial charge is 0.394 e. The molecule has 2 amide bonds. The predicted molar refractivity (Wildman–Crippen MR) is 103 cm³/mol. The number of likely N-dealkylation sites (tertiary alicyclic amines) is 1. The van der Waals surface area contributed by atoms with Gasteiger partial charge in [0.05, 0.1) is 12.1 Å². The first-order valence-corrected chi connectivity index (χ1v) is 9.17. The fourth-order valence-corrected chi connectivity index (χ4v) is 3.29. The SMILES string of the molecule is CC(C)CCC(=O)N1CC(CO)(NC(=O)c2cc3ccccc3c(=O)[nH]2)C1. The maximum atomic E-state index is 12.6. The Morgan fingerprint density at radius 3 is 2.67 bits per heavy atom. The highest BCUT2D eigenvalue weighted by Crippen LogP contribution is 2.23. The van der Waals surface area contributed by atoms with Crippen molar-refractivity contribution in [1.82, 2.24) is 15.2 Å². The van der Waals surface area contributed by atoms with E-state index in [2.05, 4.69) is 24.1 Å². The average molecular weight is 371 g/mol. The highest BCUT2D eigenvalue weighted by molar-refractivity contribution is 5.97. The van der Waals surface area contributed by atoms with Gasteiger partial charge in [0.25, 0.3) is 11.5 Å². The van der Waals surface area contributed by atoms with E-state index in [1.54, 1.807) is 35.2 Å². The van der Waals surface area contributed by atoms with Gasteiger partial charge in [0.15, 0.2) is 0 Å². The third kappa shape index (κ3) is 4.03. The Bertz CT molecular complexity index is 913. The molecular formula is C20H25N3O4. The Balaban J connectivity index is 1.68. The van der Waals surface area contributed by atoms with Gasteiger partial charge in [0, 0.05) is 24.9 Å². The molecule has 7 heteroatoms. The summed E-state index contributed by atoms with van der Waals surface area (Å²) in [6.07, 6.45) is 1.28. The minimum absolute atomic E-state index is 0.0288. The van der Waals surface area contributed by atoms with E-state index in [4.69, 9.17) is 0 Å². The number of aliphatic hydroxyl groups excluding tert-OH is 1. The van der Waals surface area contributed by atoms with E-state index < -0.39 is 11.4 Å². The van der Waals surface area contributed by atoms with Crippen LogP contribution < -0.4 is 10.9 Å². The number of pyridine rings is 1. The number of aromatic nitrogens is 1. The zero-order chi connectivity index (χ0) is 19.6. The van der Waals surface area contributed by atoms with Crippen LogP contribution in [0.2, 0.25) is 0 Å². The molecule has 1 saturated heterocycles. The summed E-state index contributed by atoms with van der Waals surface area (Å²) in [5.41, 5.74) is -1.07. The Morgan fingerprint density at radius 2 is 2.00 bits per heavy atom. The zero-order valence-corrected chi connectivity index (χ0v) is 15.6. The van der Waals surface area contributed by atoms with Crippen LogP contribution in [0.3, 0.4) is 0 Å². The van der Waals surface area contributed by atoms with Gasteiger partial charge in [-0.25, -0.2) is 0 Å². The second-order valence-corrected chi connectivity index (χ2v) is 7.67. The van der Waals surface area contributed by atoms with Crippen molar-refractivity contribution in [3.63, 3.8) is 0 Å². The van der Waals surface area contributed by atoms with Crippen LogP contribution in [0.25, 0.3) is 10.8 Å². The van der Waals surface area contributed by atoms with Gasteiger partial charge < -0.3 is 20.3 Å². The standard InChI is InChI=1S/C20H25N3O4/c1-13(2)7-8-17(25)23-10-20(11-23,12-24)22-19(27)16-9-14-5-3-4-6-15(14)18(26)21-16/h3-6,9,13,24H,7-8,10-12H2,1-2H3,(H,21,26)(H,22,27). The summed E-state index contributed by atoms with van der Waals surface area (Å²) >= 11 is 0. The Labute approximate surface area is 157 Å². The molecule has 1 aromatic heterocycles. The fraction of sp³-hybridized carbons (Fsp3) is 0.450. The van der Waals surface area contributed by atoms with Gasteiger partial charge in [0.1, 0.15) is 5.69 Å². The lowest BCUT2D eigenvalue weighted by atomic mass is 9.89. The molecule has 0 radical (unpaired) electrons. The van der Waals surface area contributed by atoms with Crippen LogP contribution in [0, 0.1) is 5.92 Å². The number of H-pyrrole nitrogens is 1. The lowest BCUT2D eigenvalue weighted by Gasteiger charge is -2.49. The minimum Gasteiger partial charge on any atom is -0.394 e. The molecule has 0 spiro atoms. The molecule has 2 heterocycles. The van der Waals surface area contributed by atoms with Gasteiger partial charge in [-0.1, -0.05) is 32.0 Å². The average Bonchev–Trinajstić information content (AvgIpc) is 2.62. The molecule has 144 valence electrons. The van der Waals surface area contributed by atoms with Crippen LogP contribution in [0.4, 0.5) is 0 Å².